The minimum atomic E-state index is -0.617. The van der Waals surface area contributed by atoms with Crippen molar-refractivity contribution in [2.24, 2.45) is 0 Å². The number of carbonyl (C=O) groups is 3. The molecule has 0 saturated heterocycles. The highest BCUT2D eigenvalue weighted by atomic mass is 16.2. The number of hydrogen-bond acceptors (Lipinski definition) is 3. The first kappa shape index (κ1) is 23.1. The monoisotopic (exact) mass is 434 g/mol. The number of hydrogen-bond donors (Lipinski definition) is 3. The van der Waals surface area contributed by atoms with Gasteiger partial charge in [-0.3, -0.25) is 15.0 Å². The molecular formula is C25H30N4O3. The normalized spacial score (nSPS) is 10.7. The fourth-order valence-electron chi connectivity index (χ4n) is 3.58. The molecule has 0 radical (unpaired) electrons. The average molecular weight is 435 g/mol. The fourth-order valence-corrected chi connectivity index (χ4v) is 3.58. The SMILES string of the molecule is CCNC(=O)N(NC(=O)CCc1c[nH]c2ccc(C)cc12)C(=O)CCCc1ccccc1. The molecule has 2 aromatic carbocycles. The number of rotatable bonds is 8. The molecule has 1 heterocycles. The predicted molar refractivity (Wildman–Crippen MR) is 125 cm³/mol. The van der Waals surface area contributed by atoms with E-state index in [2.05, 4.69) is 21.8 Å². The Bertz CT molecular complexity index is 1080. The zero-order valence-corrected chi connectivity index (χ0v) is 18.6. The maximum atomic E-state index is 12.7. The van der Waals surface area contributed by atoms with Gasteiger partial charge in [0.1, 0.15) is 0 Å². The van der Waals surface area contributed by atoms with E-state index in [4.69, 9.17) is 0 Å². The van der Waals surface area contributed by atoms with E-state index in [0.717, 1.165) is 39.0 Å². The molecule has 4 amide bonds. The molecule has 0 bridgehead atoms. The molecule has 7 nitrogen and oxygen atoms in total. The molecule has 0 unspecified atom stereocenters. The Morgan fingerprint density at radius 1 is 1.00 bits per heavy atom. The lowest BCUT2D eigenvalue weighted by Gasteiger charge is -2.21. The molecule has 3 rings (SSSR count). The Morgan fingerprint density at radius 2 is 1.78 bits per heavy atom. The Hall–Kier alpha value is -3.61. The molecule has 3 aromatic rings. The lowest BCUT2D eigenvalue weighted by atomic mass is 10.1. The first-order chi connectivity index (χ1) is 15.5. The van der Waals surface area contributed by atoms with Gasteiger partial charge in [0.2, 0.25) is 11.8 Å². The molecule has 7 heteroatoms. The van der Waals surface area contributed by atoms with Crippen LogP contribution in [0.25, 0.3) is 10.9 Å². The highest BCUT2D eigenvalue weighted by molar-refractivity contribution is 5.96. The van der Waals surface area contributed by atoms with E-state index >= 15 is 0 Å². The Labute approximate surface area is 188 Å². The smallest absolute Gasteiger partial charge is 0.343 e. The second kappa shape index (κ2) is 11.1. The number of fused-ring (bicyclic) bond motifs is 1. The number of aromatic nitrogens is 1. The zero-order valence-electron chi connectivity index (χ0n) is 18.6. The lowest BCUT2D eigenvalue weighted by Crippen LogP contribution is -2.53. The molecule has 0 atom stereocenters. The van der Waals surface area contributed by atoms with Gasteiger partial charge < -0.3 is 10.3 Å². The molecule has 0 aliphatic carbocycles. The summed E-state index contributed by atoms with van der Waals surface area (Å²) >= 11 is 0. The van der Waals surface area contributed by atoms with Gasteiger partial charge in [0.05, 0.1) is 0 Å². The van der Waals surface area contributed by atoms with Crippen molar-refractivity contribution < 1.29 is 14.4 Å². The van der Waals surface area contributed by atoms with Crippen LogP contribution < -0.4 is 10.7 Å². The fraction of sp³-hybridized carbons (Fsp3) is 0.320. The average Bonchev–Trinajstić information content (AvgIpc) is 3.18. The second-order valence-corrected chi connectivity index (χ2v) is 7.80. The number of imide groups is 1. The number of hydrazine groups is 1. The highest BCUT2D eigenvalue weighted by Gasteiger charge is 2.23. The van der Waals surface area contributed by atoms with Gasteiger partial charge in [-0.2, -0.15) is 5.01 Å². The number of carbonyl (C=O) groups excluding carboxylic acids is 3. The van der Waals surface area contributed by atoms with Crippen LogP contribution in [0.3, 0.4) is 0 Å². The molecule has 1 aromatic heterocycles. The number of nitrogens with one attached hydrogen (secondary N) is 3. The number of amides is 4. The molecule has 0 spiro atoms. The van der Waals surface area contributed by atoms with E-state index in [1.54, 1.807) is 6.92 Å². The topological polar surface area (TPSA) is 94.3 Å². The molecule has 3 N–H and O–H groups in total. The largest absolute Gasteiger partial charge is 0.361 e. The summed E-state index contributed by atoms with van der Waals surface area (Å²) in [5, 5.41) is 4.48. The summed E-state index contributed by atoms with van der Waals surface area (Å²) in [5.41, 5.74) is 6.81. The Kier molecular flexibility index (Phi) is 8.02. The van der Waals surface area contributed by atoms with Crippen LogP contribution >= 0.6 is 0 Å². The third-order valence-electron chi connectivity index (χ3n) is 5.26. The van der Waals surface area contributed by atoms with Gasteiger partial charge >= 0.3 is 6.03 Å². The van der Waals surface area contributed by atoms with E-state index in [1.165, 1.54) is 0 Å². The standard InChI is InChI=1S/C25H30N4O3/c1-3-26-25(32)29(24(31)11-7-10-19-8-5-4-6-9-19)28-23(30)15-13-20-17-27-22-14-12-18(2)16-21(20)22/h4-6,8-9,12,14,16-17,27H,3,7,10-11,13,15H2,1-2H3,(H,26,32)(H,28,30). The maximum Gasteiger partial charge on any atom is 0.343 e. The van der Waals surface area contributed by atoms with E-state index in [0.29, 0.717) is 19.4 Å². The minimum absolute atomic E-state index is 0.161. The first-order valence-electron chi connectivity index (χ1n) is 11.0. The molecule has 0 saturated carbocycles. The Morgan fingerprint density at radius 3 is 2.53 bits per heavy atom. The number of urea groups is 1. The van der Waals surface area contributed by atoms with Gasteiger partial charge in [-0.05, 0) is 56.4 Å². The van der Waals surface area contributed by atoms with E-state index in [-0.39, 0.29) is 18.7 Å². The van der Waals surface area contributed by atoms with Gasteiger partial charge in [-0.1, -0.05) is 42.0 Å². The van der Waals surface area contributed by atoms with Crippen molar-refractivity contribution >= 4 is 28.7 Å². The molecule has 0 aliphatic heterocycles. The molecule has 32 heavy (non-hydrogen) atoms. The number of aromatic amines is 1. The van der Waals surface area contributed by atoms with Crippen molar-refractivity contribution in [2.75, 3.05) is 6.54 Å². The third-order valence-corrected chi connectivity index (χ3v) is 5.26. The molecule has 168 valence electrons. The van der Waals surface area contributed by atoms with Crippen LogP contribution in [0.2, 0.25) is 0 Å². The van der Waals surface area contributed by atoms with Crippen LogP contribution in [0.4, 0.5) is 4.79 Å². The third kappa shape index (κ3) is 6.20. The summed E-state index contributed by atoms with van der Waals surface area (Å²) in [6.07, 6.45) is 4.03. The predicted octanol–water partition coefficient (Wildman–Crippen LogP) is 4.02. The van der Waals surface area contributed by atoms with Crippen molar-refractivity contribution in [1.82, 2.24) is 20.7 Å². The van der Waals surface area contributed by atoms with Crippen LogP contribution in [0, 0.1) is 6.92 Å². The Balaban J connectivity index is 1.57. The highest BCUT2D eigenvalue weighted by Crippen LogP contribution is 2.20. The van der Waals surface area contributed by atoms with Crippen molar-refractivity contribution in [2.45, 2.75) is 46.0 Å². The number of benzene rings is 2. The van der Waals surface area contributed by atoms with Crippen molar-refractivity contribution in [3.05, 3.63) is 71.4 Å². The zero-order chi connectivity index (χ0) is 22.9. The summed E-state index contributed by atoms with van der Waals surface area (Å²) < 4.78 is 0. The summed E-state index contributed by atoms with van der Waals surface area (Å²) in [6.45, 7) is 4.14. The van der Waals surface area contributed by atoms with Crippen LogP contribution in [0.5, 0.6) is 0 Å². The maximum absolute atomic E-state index is 12.7. The number of H-pyrrole nitrogens is 1. The summed E-state index contributed by atoms with van der Waals surface area (Å²) in [4.78, 5) is 40.8. The quantitative estimate of drug-likeness (QED) is 0.467. The first-order valence-corrected chi connectivity index (χ1v) is 11.0. The van der Waals surface area contributed by atoms with Gasteiger partial charge in [-0.25, -0.2) is 4.79 Å². The van der Waals surface area contributed by atoms with Crippen LogP contribution in [0.15, 0.2) is 54.7 Å². The van der Waals surface area contributed by atoms with E-state index in [9.17, 15) is 14.4 Å². The van der Waals surface area contributed by atoms with Gasteiger partial charge in [0.25, 0.3) is 0 Å². The summed E-state index contributed by atoms with van der Waals surface area (Å²) in [5.74, 6) is -0.808. The van der Waals surface area contributed by atoms with Crippen LogP contribution in [-0.2, 0) is 22.4 Å². The number of aryl methyl sites for hydroxylation is 3. The van der Waals surface area contributed by atoms with Gasteiger partial charge in [0, 0.05) is 36.5 Å². The van der Waals surface area contributed by atoms with Gasteiger partial charge in [-0.15, -0.1) is 0 Å². The van der Waals surface area contributed by atoms with Crippen LogP contribution in [-0.4, -0.2) is 34.4 Å². The van der Waals surface area contributed by atoms with E-state index < -0.39 is 11.9 Å². The van der Waals surface area contributed by atoms with Crippen molar-refractivity contribution in [3.8, 4) is 0 Å². The number of nitrogens with zero attached hydrogens (tertiary/aromatic N) is 1. The summed E-state index contributed by atoms with van der Waals surface area (Å²) in [6, 6.07) is 15.4. The van der Waals surface area contributed by atoms with E-state index in [1.807, 2.05) is 55.6 Å². The summed E-state index contributed by atoms with van der Waals surface area (Å²) in [7, 11) is 0. The minimum Gasteiger partial charge on any atom is -0.361 e. The lowest BCUT2D eigenvalue weighted by molar-refractivity contribution is -0.137. The molecule has 0 aliphatic rings. The molecule has 0 fully saturated rings. The van der Waals surface area contributed by atoms with Crippen molar-refractivity contribution in [3.63, 3.8) is 0 Å². The van der Waals surface area contributed by atoms with Crippen molar-refractivity contribution in [1.29, 1.82) is 0 Å². The molecular weight excluding hydrogens is 404 g/mol. The van der Waals surface area contributed by atoms with Gasteiger partial charge in [0.15, 0.2) is 0 Å². The van der Waals surface area contributed by atoms with Crippen LogP contribution in [0.1, 0.15) is 42.9 Å². The second-order valence-electron chi connectivity index (χ2n) is 7.80.